The Balaban J connectivity index is 1.57. The molecule has 0 spiro atoms. The fourth-order valence-corrected chi connectivity index (χ4v) is 3.96. The molecular formula is C23H25FN4O. The predicted octanol–water partition coefficient (Wildman–Crippen LogP) is 3.57. The molecule has 3 aromatic rings. The van der Waals surface area contributed by atoms with Crippen LogP contribution >= 0.6 is 0 Å². The van der Waals surface area contributed by atoms with Crippen LogP contribution in [0.15, 0.2) is 61.1 Å². The molecule has 0 N–H and O–H groups in total. The van der Waals surface area contributed by atoms with Gasteiger partial charge in [0.1, 0.15) is 5.82 Å². The number of hydrogen-bond acceptors (Lipinski definition) is 3. The van der Waals surface area contributed by atoms with Crippen LogP contribution in [-0.4, -0.2) is 51.9 Å². The number of hydrogen-bond donors (Lipinski definition) is 0. The van der Waals surface area contributed by atoms with Crippen molar-refractivity contribution in [3.05, 3.63) is 78.1 Å². The van der Waals surface area contributed by atoms with E-state index in [9.17, 15) is 9.18 Å². The van der Waals surface area contributed by atoms with Gasteiger partial charge in [-0.15, -0.1) is 0 Å². The quantitative estimate of drug-likeness (QED) is 0.602. The van der Waals surface area contributed by atoms with E-state index in [0.29, 0.717) is 0 Å². The Morgan fingerprint density at radius 1 is 1.07 bits per heavy atom. The summed E-state index contributed by atoms with van der Waals surface area (Å²) >= 11 is 0. The minimum absolute atomic E-state index is 0.0880. The minimum Gasteiger partial charge on any atom is -0.343 e. The standard InChI is InChI=1S/C23H25FN4O/c1-18(22-4-2-3-5-23(22)19-6-8-20(24)9-7-19)28-16-25-14-21(28)15-26-10-12-27(17-29)13-11-26/h2-9,14,16-18H,10-13,15H2,1H3. The molecule has 1 fully saturated rings. The van der Waals surface area contributed by atoms with Crippen molar-refractivity contribution in [3.8, 4) is 11.1 Å². The van der Waals surface area contributed by atoms with Crippen LogP contribution in [0.2, 0.25) is 0 Å². The second kappa shape index (κ2) is 8.57. The molecule has 1 unspecified atom stereocenters. The molecule has 1 aliphatic heterocycles. The maximum atomic E-state index is 13.4. The zero-order chi connectivity index (χ0) is 20.2. The first-order valence-corrected chi connectivity index (χ1v) is 9.93. The van der Waals surface area contributed by atoms with Crippen molar-refractivity contribution in [1.82, 2.24) is 19.4 Å². The molecule has 0 bridgehead atoms. The van der Waals surface area contributed by atoms with Crippen LogP contribution in [0.5, 0.6) is 0 Å². The van der Waals surface area contributed by atoms with E-state index in [1.807, 2.05) is 41.7 Å². The van der Waals surface area contributed by atoms with Crippen molar-refractivity contribution in [2.75, 3.05) is 26.2 Å². The summed E-state index contributed by atoms with van der Waals surface area (Å²) in [6.45, 7) is 6.23. The second-order valence-electron chi connectivity index (χ2n) is 7.48. The molecule has 1 amide bonds. The summed E-state index contributed by atoms with van der Waals surface area (Å²) in [4.78, 5) is 19.5. The number of rotatable bonds is 6. The molecular weight excluding hydrogens is 367 g/mol. The Morgan fingerprint density at radius 3 is 2.52 bits per heavy atom. The highest BCUT2D eigenvalue weighted by molar-refractivity contribution is 5.68. The largest absolute Gasteiger partial charge is 0.343 e. The summed E-state index contributed by atoms with van der Waals surface area (Å²) in [6, 6.07) is 15.0. The predicted molar refractivity (Wildman–Crippen MR) is 111 cm³/mol. The number of nitrogens with zero attached hydrogens (tertiary/aromatic N) is 4. The third-order valence-electron chi connectivity index (χ3n) is 5.67. The summed E-state index contributed by atoms with van der Waals surface area (Å²) in [5, 5.41) is 0. The first kappa shape index (κ1) is 19.3. The van der Waals surface area contributed by atoms with Gasteiger partial charge in [0, 0.05) is 38.9 Å². The van der Waals surface area contributed by atoms with E-state index < -0.39 is 0 Å². The number of carbonyl (C=O) groups is 1. The maximum absolute atomic E-state index is 13.4. The lowest BCUT2D eigenvalue weighted by molar-refractivity contribution is -0.119. The third kappa shape index (κ3) is 4.22. The van der Waals surface area contributed by atoms with Gasteiger partial charge < -0.3 is 9.47 Å². The highest BCUT2D eigenvalue weighted by atomic mass is 19.1. The zero-order valence-electron chi connectivity index (χ0n) is 16.5. The molecule has 4 rings (SSSR count). The molecule has 1 aliphatic rings. The molecule has 5 nitrogen and oxygen atoms in total. The second-order valence-corrected chi connectivity index (χ2v) is 7.48. The Bertz CT molecular complexity index is 961. The van der Waals surface area contributed by atoms with Crippen molar-refractivity contribution in [2.24, 2.45) is 0 Å². The van der Waals surface area contributed by atoms with E-state index in [-0.39, 0.29) is 11.9 Å². The number of piperazine rings is 1. The number of aromatic nitrogens is 2. The Kier molecular flexibility index (Phi) is 5.71. The number of benzene rings is 2. The lowest BCUT2D eigenvalue weighted by Crippen LogP contribution is -2.45. The molecule has 1 aromatic heterocycles. The smallest absolute Gasteiger partial charge is 0.209 e. The van der Waals surface area contributed by atoms with Crippen molar-refractivity contribution >= 4 is 6.41 Å². The fourth-order valence-electron chi connectivity index (χ4n) is 3.96. The van der Waals surface area contributed by atoms with Crippen LogP contribution < -0.4 is 0 Å². The summed E-state index contributed by atoms with van der Waals surface area (Å²) in [5.74, 6) is -0.231. The third-order valence-corrected chi connectivity index (χ3v) is 5.67. The van der Waals surface area contributed by atoms with Crippen molar-refractivity contribution in [3.63, 3.8) is 0 Å². The van der Waals surface area contributed by atoms with E-state index in [0.717, 1.165) is 56.0 Å². The summed E-state index contributed by atoms with van der Waals surface area (Å²) in [5.41, 5.74) is 4.41. The van der Waals surface area contributed by atoms with Gasteiger partial charge in [0.15, 0.2) is 0 Å². The molecule has 2 heterocycles. The molecule has 0 radical (unpaired) electrons. The zero-order valence-corrected chi connectivity index (χ0v) is 16.5. The van der Waals surface area contributed by atoms with Crippen molar-refractivity contribution in [1.29, 1.82) is 0 Å². The molecule has 0 aliphatic carbocycles. The first-order chi connectivity index (χ1) is 14.2. The summed E-state index contributed by atoms with van der Waals surface area (Å²) in [7, 11) is 0. The van der Waals surface area contributed by atoms with Crippen LogP contribution in [-0.2, 0) is 11.3 Å². The van der Waals surface area contributed by atoms with E-state index >= 15 is 0 Å². The van der Waals surface area contributed by atoms with Crippen LogP contribution in [0.25, 0.3) is 11.1 Å². The molecule has 6 heteroatoms. The average Bonchev–Trinajstić information content (AvgIpc) is 3.22. The van der Waals surface area contributed by atoms with Crippen molar-refractivity contribution in [2.45, 2.75) is 19.5 Å². The Hall–Kier alpha value is -2.99. The Morgan fingerprint density at radius 2 is 1.79 bits per heavy atom. The van der Waals surface area contributed by atoms with Crippen molar-refractivity contribution < 1.29 is 9.18 Å². The first-order valence-electron chi connectivity index (χ1n) is 9.93. The highest BCUT2D eigenvalue weighted by Gasteiger charge is 2.20. The number of halogens is 1. The molecule has 2 aromatic carbocycles. The molecule has 1 atom stereocenters. The van der Waals surface area contributed by atoms with Gasteiger partial charge in [0.05, 0.1) is 18.1 Å². The van der Waals surface area contributed by atoms with Crippen LogP contribution in [0.3, 0.4) is 0 Å². The maximum Gasteiger partial charge on any atom is 0.209 e. The van der Waals surface area contributed by atoms with E-state index in [1.165, 1.54) is 17.7 Å². The van der Waals surface area contributed by atoms with Gasteiger partial charge in [-0.3, -0.25) is 9.69 Å². The normalized spacial score (nSPS) is 16.0. The van der Waals surface area contributed by atoms with Gasteiger partial charge in [0.2, 0.25) is 6.41 Å². The van der Waals surface area contributed by atoms with E-state index in [1.54, 1.807) is 0 Å². The summed E-state index contributed by atoms with van der Waals surface area (Å²) < 4.78 is 15.6. The van der Waals surface area contributed by atoms with Crippen LogP contribution in [0, 0.1) is 5.82 Å². The number of imidazole rings is 1. The van der Waals surface area contributed by atoms with Gasteiger partial charge >= 0.3 is 0 Å². The van der Waals surface area contributed by atoms with Gasteiger partial charge in [-0.2, -0.15) is 0 Å². The van der Waals surface area contributed by atoms with E-state index in [4.69, 9.17) is 0 Å². The minimum atomic E-state index is -0.231. The number of amides is 1. The topological polar surface area (TPSA) is 41.4 Å². The molecule has 0 saturated carbocycles. The van der Waals surface area contributed by atoms with Crippen LogP contribution in [0.4, 0.5) is 4.39 Å². The lowest BCUT2D eigenvalue weighted by atomic mass is 9.95. The molecule has 150 valence electrons. The number of carbonyl (C=O) groups excluding carboxylic acids is 1. The van der Waals surface area contributed by atoms with Gasteiger partial charge in [0.25, 0.3) is 0 Å². The average molecular weight is 392 g/mol. The van der Waals surface area contributed by atoms with Crippen LogP contribution in [0.1, 0.15) is 24.2 Å². The molecule has 29 heavy (non-hydrogen) atoms. The van der Waals surface area contributed by atoms with Gasteiger partial charge in [-0.25, -0.2) is 9.37 Å². The monoisotopic (exact) mass is 392 g/mol. The van der Waals surface area contributed by atoms with Gasteiger partial charge in [-0.05, 0) is 35.7 Å². The fraction of sp³-hybridized carbons (Fsp3) is 0.304. The SMILES string of the molecule is CC(c1ccccc1-c1ccc(F)cc1)n1cncc1CN1CCN(C=O)CC1. The Labute approximate surface area is 170 Å². The van der Waals surface area contributed by atoms with E-state index in [2.05, 4.69) is 33.5 Å². The summed E-state index contributed by atoms with van der Waals surface area (Å²) in [6.07, 6.45) is 4.72. The lowest BCUT2D eigenvalue weighted by Gasteiger charge is -2.33. The van der Waals surface area contributed by atoms with Gasteiger partial charge in [-0.1, -0.05) is 36.4 Å². The molecule has 1 saturated heterocycles. The highest BCUT2D eigenvalue weighted by Crippen LogP contribution is 2.31.